The molecule has 7 nitrogen and oxygen atoms in total. The second-order valence-corrected chi connectivity index (χ2v) is 8.68. The summed E-state index contributed by atoms with van der Waals surface area (Å²) in [6.45, 7) is 4.28. The standard InChI is InChI=1S/C27H28N4O3/c1-27(2,29)19-9-11-20(12-10-19)30-24(17-6-4-3-5-7-17)23-21-13-8-18(26(33)34-15-14-28)16-22(21)31-25(23)32/h3-13,16,30H,14-15,28-29H2,1-2H3,(H,31,32)/b24-23+. The molecule has 174 valence electrons. The number of nitrogens with one attached hydrogen (secondary N) is 2. The van der Waals surface area contributed by atoms with Gasteiger partial charge in [0.25, 0.3) is 5.91 Å². The SMILES string of the molecule is CC(C)(N)c1ccc(N/C(=C2/C(=O)Nc3cc(C(=O)OCCN)ccc32)c2ccccc2)cc1. The van der Waals surface area contributed by atoms with Crippen molar-refractivity contribution in [1.29, 1.82) is 0 Å². The Kier molecular flexibility index (Phi) is 6.49. The van der Waals surface area contributed by atoms with Crippen molar-refractivity contribution in [2.75, 3.05) is 23.8 Å². The number of amides is 1. The zero-order chi connectivity index (χ0) is 24.3. The molecule has 0 spiro atoms. The third-order valence-corrected chi connectivity index (χ3v) is 5.56. The van der Waals surface area contributed by atoms with E-state index in [0.29, 0.717) is 28.1 Å². The molecule has 1 heterocycles. The van der Waals surface area contributed by atoms with Gasteiger partial charge in [0.05, 0.1) is 22.5 Å². The van der Waals surface area contributed by atoms with Crippen LogP contribution in [0, 0.1) is 0 Å². The lowest BCUT2D eigenvalue weighted by molar-refractivity contribution is -0.110. The van der Waals surface area contributed by atoms with Crippen LogP contribution in [0.2, 0.25) is 0 Å². The number of carbonyl (C=O) groups excluding carboxylic acids is 2. The predicted molar refractivity (Wildman–Crippen MR) is 135 cm³/mol. The first-order valence-electron chi connectivity index (χ1n) is 11.1. The minimum Gasteiger partial charge on any atom is -0.461 e. The molecule has 3 aromatic rings. The summed E-state index contributed by atoms with van der Waals surface area (Å²) in [5, 5.41) is 6.30. The normalized spacial score (nSPS) is 14.3. The van der Waals surface area contributed by atoms with Gasteiger partial charge in [0.2, 0.25) is 0 Å². The Balaban J connectivity index is 1.76. The van der Waals surface area contributed by atoms with Gasteiger partial charge in [0, 0.05) is 23.3 Å². The molecule has 1 aliphatic rings. The highest BCUT2D eigenvalue weighted by Gasteiger charge is 2.29. The molecule has 0 aromatic heterocycles. The van der Waals surface area contributed by atoms with Crippen molar-refractivity contribution in [2.45, 2.75) is 19.4 Å². The van der Waals surface area contributed by atoms with E-state index in [1.165, 1.54) is 0 Å². The van der Waals surface area contributed by atoms with Crippen molar-refractivity contribution >= 4 is 34.5 Å². The van der Waals surface area contributed by atoms with Crippen LogP contribution in [0.15, 0.2) is 72.8 Å². The van der Waals surface area contributed by atoms with E-state index in [9.17, 15) is 9.59 Å². The lowest BCUT2D eigenvalue weighted by Crippen LogP contribution is -2.28. The molecule has 0 unspecified atom stereocenters. The van der Waals surface area contributed by atoms with Gasteiger partial charge < -0.3 is 26.8 Å². The molecule has 0 fully saturated rings. The Morgan fingerprint density at radius 3 is 2.35 bits per heavy atom. The molecule has 0 bridgehead atoms. The Bertz CT molecular complexity index is 1240. The molecule has 0 saturated carbocycles. The van der Waals surface area contributed by atoms with Gasteiger partial charge in [-0.05, 0) is 49.2 Å². The van der Waals surface area contributed by atoms with Gasteiger partial charge >= 0.3 is 5.97 Å². The number of carbonyl (C=O) groups is 2. The van der Waals surface area contributed by atoms with E-state index in [-0.39, 0.29) is 19.1 Å². The summed E-state index contributed by atoms with van der Waals surface area (Å²) >= 11 is 0. The van der Waals surface area contributed by atoms with Gasteiger partial charge in [-0.2, -0.15) is 0 Å². The molecule has 7 heteroatoms. The van der Waals surface area contributed by atoms with Crippen molar-refractivity contribution < 1.29 is 14.3 Å². The van der Waals surface area contributed by atoms with Crippen LogP contribution in [-0.4, -0.2) is 25.0 Å². The fraction of sp³-hybridized carbons (Fsp3) is 0.185. The molecule has 0 aliphatic carbocycles. The highest BCUT2D eigenvalue weighted by molar-refractivity contribution is 6.37. The number of rotatable bonds is 7. The summed E-state index contributed by atoms with van der Waals surface area (Å²) in [4.78, 5) is 25.4. The van der Waals surface area contributed by atoms with Gasteiger partial charge in [-0.1, -0.05) is 48.5 Å². The zero-order valence-corrected chi connectivity index (χ0v) is 19.2. The Hall–Kier alpha value is -3.94. The first-order valence-corrected chi connectivity index (χ1v) is 11.1. The molecule has 0 saturated heterocycles. The number of hydrogen-bond acceptors (Lipinski definition) is 6. The first-order chi connectivity index (χ1) is 16.3. The molecule has 0 radical (unpaired) electrons. The molecule has 1 aliphatic heterocycles. The van der Waals surface area contributed by atoms with Gasteiger partial charge in [-0.25, -0.2) is 4.79 Å². The van der Waals surface area contributed by atoms with Crippen molar-refractivity contribution in [1.82, 2.24) is 0 Å². The summed E-state index contributed by atoms with van der Waals surface area (Å²) in [7, 11) is 0. The maximum absolute atomic E-state index is 13.1. The van der Waals surface area contributed by atoms with E-state index in [4.69, 9.17) is 16.2 Å². The molecular weight excluding hydrogens is 428 g/mol. The Labute approximate surface area is 198 Å². The van der Waals surface area contributed by atoms with Crippen LogP contribution >= 0.6 is 0 Å². The minimum atomic E-state index is -0.482. The highest BCUT2D eigenvalue weighted by atomic mass is 16.5. The average Bonchev–Trinajstić information content (AvgIpc) is 3.16. The number of ether oxygens (including phenoxy) is 1. The molecule has 34 heavy (non-hydrogen) atoms. The van der Waals surface area contributed by atoms with E-state index >= 15 is 0 Å². The van der Waals surface area contributed by atoms with Crippen molar-refractivity contribution in [3.05, 3.63) is 95.1 Å². The monoisotopic (exact) mass is 456 g/mol. The second-order valence-electron chi connectivity index (χ2n) is 8.68. The van der Waals surface area contributed by atoms with Gasteiger partial charge in [-0.3, -0.25) is 4.79 Å². The highest BCUT2D eigenvalue weighted by Crippen LogP contribution is 2.38. The molecule has 1 amide bonds. The number of nitrogens with two attached hydrogens (primary N) is 2. The molecular formula is C27H28N4O3. The molecule has 6 N–H and O–H groups in total. The minimum absolute atomic E-state index is 0.135. The molecule has 0 atom stereocenters. The summed E-state index contributed by atoms with van der Waals surface area (Å²) in [6.07, 6.45) is 0. The van der Waals surface area contributed by atoms with E-state index < -0.39 is 11.5 Å². The zero-order valence-electron chi connectivity index (χ0n) is 19.2. The summed E-state index contributed by atoms with van der Waals surface area (Å²) in [6, 6.07) is 22.5. The average molecular weight is 457 g/mol. The number of esters is 1. The van der Waals surface area contributed by atoms with Gasteiger partial charge in [0.1, 0.15) is 6.61 Å². The van der Waals surface area contributed by atoms with E-state index in [1.54, 1.807) is 18.2 Å². The van der Waals surface area contributed by atoms with Crippen molar-refractivity contribution in [2.24, 2.45) is 11.5 Å². The van der Waals surface area contributed by atoms with Crippen molar-refractivity contribution in [3.63, 3.8) is 0 Å². The summed E-state index contributed by atoms with van der Waals surface area (Å²) < 4.78 is 5.11. The quantitative estimate of drug-likeness (QED) is 0.316. The van der Waals surface area contributed by atoms with Crippen LogP contribution in [0.3, 0.4) is 0 Å². The molecule has 3 aromatic carbocycles. The third kappa shape index (κ3) is 4.85. The van der Waals surface area contributed by atoms with Crippen molar-refractivity contribution in [3.8, 4) is 0 Å². The molecule has 4 rings (SSSR count). The maximum Gasteiger partial charge on any atom is 0.338 e. The van der Waals surface area contributed by atoms with Crippen LogP contribution in [0.25, 0.3) is 11.3 Å². The third-order valence-electron chi connectivity index (χ3n) is 5.56. The fourth-order valence-electron chi connectivity index (χ4n) is 3.79. The fourth-order valence-corrected chi connectivity index (χ4v) is 3.79. The number of benzene rings is 3. The predicted octanol–water partition coefficient (Wildman–Crippen LogP) is 3.93. The Morgan fingerprint density at radius 2 is 1.71 bits per heavy atom. The topological polar surface area (TPSA) is 119 Å². The van der Waals surface area contributed by atoms with Gasteiger partial charge in [-0.15, -0.1) is 0 Å². The van der Waals surface area contributed by atoms with E-state index in [2.05, 4.69) is 10.6 Å². The maximum atomic E-state index is 13.1. The summed E-state index contributed by atoms with van der Waals surface area (Å²) in [5.41, 5.74) is 16.6. The van der Waals surface area contributed by atoms with E-state index in [1.807, 2.05) is 68.4 Å². The number of hydrogen-bond donors (Lipinski definition) is 4. The summed E-state index contributed by atoms with van der Waals surface area (Å²) in [5.74, 6) is -0.738. The number of fused-ring (bicyclic) bond motifs is 1. The largest absolute Gasteiger partial charge is 0.461 e. The lowest BCUT2D eigenvalue weighted by atomic mass is 9.95. The van der Waals surface area contributed by atoms with Crippen LogP contribution in [0.5, 0.6) is 0 Å². The smallest absolute Gasteiger partial charge is 0.338 e. The Morgan fingerprint density at radius 1 is 1.00 bits per heavy atom. The van der Waals surface area contributed by atoms with Crippen LogP contribution < -0.4 is 22.1 Å². The lowest BCUT2D eigenvalue weighted by Gasteiger charge is -2.20. The van der Waals surface area contributed by atoms with Crippen LogP contribution in [-0.2, 0) is 15.1 Å². The number of anilines is 2. The van der Waals surface area contributed by atoms with E-state index in [0.717, 1.165) is 16.8 Å². The van der Waals surface area contributed by atoms with Crippen LogP contribution in [0.1, 0.15) is 40.9 Å². The van der Waals surface area contributed by atoms with Crippen LogP contribution in [0.4, 0.5) is 11.4 Å². The first kappa shape index (κ1) is 23.2. The second kappa shape index (κ2) is 9.51. The van der Waals surface area contributed by atoms with Gasteiger partial charge in [0.15, 0.2) is 0 Å².